The second kappa shape index (κ2) is 14.4. The zero-order valence-corrected chi connectivity index (χ0v) is 34.5. The van der Waals surface area contributed by atoms with Crippen LogP contribution in [0.15, 0.2) is 194 Å². The van der Waals surface area contributed by atoms with E-state index in [4.69, 9.17) is 0 Å². The van der Waals surface area contributed by atoms with Crippen molar-refractivity contribution in [1.82, 2.24) is 0 Å². The molecule has 2 aliphatic rings. The van der Waals surface area contributed by atoms with Crippen LogP contribution in [0.25, 0.3) is 34.4 Å². The van der Waals surface area contributed by atoms with Crippen LogP contribution in [0, 0.1) is 0 Å². The Kier molecular flexibility index (Phi) is 9.04. The molecule has 0 amide bonds. The molecule has 0 N–H and O–H groups in total. The van der Waals surface area contributed by atoms with Crippen LogP contribution in [0.3, 0.4) is 0 Å². The minimum Gasteiger partial charge on any atom is -0.0687 e. The van der Waals surface area contributed by atoms with Gasteiger partial charge in [0.1, 0.15) is 0 Å². The summed E-state index contributed by atoms with van der Waals surface area (Å²) in [5.74, 6) is 0. The number of rotatable bonds is 8. The molecule has 10 rings (SSSR count). The van der Waals surface area contributed by atoms with Crippen LogP contribution >= 0.6 is 7.92 Å². The smallest absolute Gasteiger partial charge is 0.0687 e. The van der Waals surface area contributed by atoms with Crippen molar-refractivity contribution in [3.63, 3.8) is 0 Å². The van der Waals surface area contributed by atoms with Gasteiger partial charge < -0.3 is 0 Å². The third kappa shape index (κ3) is 6.21. The highest BCUT2D eigenvalue weighted by molar-refractivity contribution is 7.79. The summed E-state index contributed by atoms with van der Waals surface area (Å²) in [6.45, 7) is 9.76. The molecule has 0 fully saturated rings. The van der Waals surface area contributed by atoms with E-state index in [0.29, 0.717) is 0 Å². The van der Waals surface area contributed by atoms with Gasteiger partial charge in [-0.05, 0) is 85.5 Å². The molecule has 0 saturated heterocycles. The van der Waals surface area contributed by atoms with Crippen molar-refractivity contribution in [2.24, 2.45) is 0 Å². The van der Waals surface area contributed by atoms with Crippen molar-refractivity contribution in [2.75, 3.05) is 0 Å². The molecule has 0 bridgehead atoms. The van der Waals surface area contributed by atoms with Gasteiger partial charge in [-0.2, -0.15) is 0 Å². The zero-order chi connectivity index (χ0) is 39.4. The Bertz CT molecular complexity index is 2540. The van der Waals surface area contributed by atoms with E-state index in [1.54, 1.807) is 0 Å². The van der Waals surface area contributed by atoms with Gasteiger partial charge in [-0.15, -0.1) is 0 Å². The molecule has 0 saturated carbocycles. The summed E-state index contributed by atoms with van der Waals surface area (Å²) in [7, 11) is -0.668. The van der Waals surface area contributed by atoms with E-state index in [0.717, 1.165) is 0 Å². The Morgan fingerprint density at radius 3 is 1.19 bits per heavy atom. The number of hydrogen-bond donors (Lipinski definition) is 0. The Morgan fingerprint density at radius 1 is 0.345 bits per heavy atom. The summed E-state index contributed by atoms with van der Waals surface area (Å²) < 4.78 is 0. The van der Waals surface area contributed by atoms with Gasteiger partial charge in [0.05, 0.1) is 0 Å². The topological polar surface area (TPSA) is 0 Å². The van der Waals surface area contributed by atoms with E-state index in [1.165, 1.54) is 87.9 Å². The maximum Gasteiger partial charge on any atom is 0.241 e. The van der Waals surface area contributed by atoms with Gasteiger partial charge in [0.25, 0.3) is 0 Å². The summed E-state index contributed by atoms with van der Waals surface area (Å²) in [6.07, 6.45) is 4.60. The lowest BCUT2D eigenvalue weighted by atomic mass is 9.36. The zero-order valence-electron chi connectivity index (χ0n) is 33.7. The highest BCUT2D eigenvalue weighted by atomic mass is 31.1. The minimum absolute atomic E-state index is 0.110. The molecule has 2 heteroatoms. The van der Waals surface area contributed by atoms with E-state index in [1.807, 2.05) is 0 Å². The normalized spacial score (nSPS) is 14.2. The van der Waals surface area contributed by atoms with Gasteiger partial charge in [0, 0.05) is 10.8 Å². The van der Waals surface area contributed by atoms with E-state index in [2.05, 4.69) is 234 Å². The van der Waals surface area contributed by atoms with Crippen molar-refractivity contribution in [3.05, 3.63) is 228 Å². The maximum atomic E-state index is 2.51. The Labute approximate surface area is 345 Å². The molecule has 8 aromatic carbocycles. The molecule has 0 heterocycles. The predicted octanol–water partition coefficient (Wildman–Crippen LogP) is 10.7. The standard InChI is InChI=1S/C56H46BP/c1-55(2)51-35-39(27-31-47(51)49-33-29-43(37-53(49)55)57(41-17-9-5-10-18-41)42-19-11-6-12-20-42)25-26-40-28-32-48-50-34-30-46(38-54(50)56(3,4)52(48)36-40)58(44-21-13-7-14-22-44)45-23-15-8-16-24-45/h5-38H,1-4H3. The van der Waals surface area contributed by atoms with Crippen molar-refractivity contribution >= 4 is 59.1 Å². The van der Waals surface area contributed by atoms with Gasteiger partial charge in [0.2, 0.25) is 6.71 Å². The molecule has 0 nitrogen and oxygen atoms in total. The molecule has 0 aliphatic heterocycles. The quantitative estimate of drug-likeness (QED) is 0.0822. The first-order chi connectivity index (χ1) is 28.3. The lowest BCUT2D eigenvalue weighted by Gasteiger charge is -2.25. The molecular formula is C56H46BP. The fourth-order valence-corrected chi connectivity index (χ4v) is 12.0. The molecule has 0 spiro atoms. The van der Waals surface area contributed by atoms with Crippen molar-refractivity contribution in [2.45, 2.75) is 38.5 Å². The second-order valence-corrected chi connectivity index (χ2v) is 19.2. The summed E-state index contributed by atoms with van der Waals surface area (Å²) in [5, 5.41) is 4.16. The van der Waals surface area contributed by atoms with Crippen LogP contribution in [0.4, 0.5) is 0 Å². The monoisotopic (exact) mass is 760 g/mol. The average molecular weight is 761 g/mol. The van der Waals surface area contributed by atoms with E-state index in [9.17, 15) is 0 Å². The molecule has 2 aliphatic carbocycles. The van der Waals surface area contributed by atoms with Crippen LogP contribution in [-0.2, 0) is 10.8 Å². The molecule has 0 unspecified atom stereocenters. The summed E-state index contributed by atoms with van der Waals surface area (Å²) >= 11 is 0. The van der Waals surface area contributed by atoms with Crippen LogP contribution in [0.5, 0.6) is 0 Å². The molecule has 0 aromatic heterocycles. The Balaban J connectivity index is 0.942. The molecule has 0 radical (unpaired) electrons. The van der Waals surface area contributed by atoms with Crippen LogP contribution in [-0.4, -0.2) is 6.71 Å². The molecular weight excluding hydrogens is 714 g/mol. The van der Waals surface area contributed by atoms with Crippen molar-refractivity contribution in [3.8, 4) is 22.3 Å². The summed E-state index contributed by atoms with van der Waals surface area (Å²) in [5.41, 5.74) is 17.2. The molecule has 278 valence electrons. The number of fused-ring (bicyclic) bond motifs is 6. The van der Waals surface area contributed by atoms with Crippen molar-refractivity contribution < 1.29 is 0 Å². The third-order valence-electron chi connectivity index (χ3n) is 12.8. The Morgan fingerprint density at radius 2 is 0.724 bits per heavy atom. The summed E-state index contributed by atoms with van der Waals surface area (Å²) in [6, 6.07) is 72.5. The first-order valence-corrected chi connectivity index (χ1v) is 21.9. The number of benzene rings is 8. The van der Waals surface area contributed by atoms with Gasteiger partial charge in [-0.3, -0.25) is 0 Å². The average Bonchev–Trinajstić information content (AvgIpc) is 3.63. The maximum absolute atomic E-state index is 2.51. The van der Waals surface area contributed by atoms with Crippen molar-refractivity contribution in [1.29, 1.82) is 0 Å². The third-order valence-corrected chi connectivity index (χ3v) is 15.2. The fourth-order valence-electron chi connectivity index (χ4n) is 9.70. The Hall–Kier alpha value is -6.01. The largest absolute Gasteiger partial charge is 0.241 e. The van der Waals surface area contributed by atoms with Gasteiger partial charge in [-0.1, -0.05) is 244 Å². The molecule has 58 heavy (non-hydrogen) atoms. The van der Waals surface area contributed by atoms with E-state index in [-0.39, 0.29) is 17.5 Å². The first-order valence-electron chi connectivity index (χ1n) is 20.5. The van der Waals surface area contributed by atoms with Gasteiger partial charge in [-0.25, -0.2) is 0 Å². The minimum atomic E-state index is -0.668. The highest BCUT2D eigenvalue weighted by Gasteiger charge is 2.38. The first kappa shape index (κ1) is 36.3. The van der Waals surface area contributed by atoms with Crippen LogP contribution in [0.2, 0.25) is 0 Å². The van der Waals surface area contributed by atoms with Crippen LogP contribution < -0.4 is 32.3 Å². The van der Waals surface area contributed by atoms with Crippen LogP contribution in [0.1, 0.15) is 61.1 Å². The summed E-state index contributed by atoms with van der Waals surface area (Å²) in [4.78, 5) is 0. The SMILES string of the molecule is CC1(C)c2cc(C=Cc3ccc4c(c3)C(C)(C)c3cc(P(c5ccccc5)c5ccccc5)ccc3-4)ccc2-c2ccc(B(c3ccccc3)c3ccccc3)cc21. The highest BCUT2D eigenvalue weighted by Crippen LogP contribution is 2.51. The molecule has 0 atom stereocenters. The lowest BCUT2D eigenvalue weighted by molar-refractivity contribution is 0.660. The fraction of sp³-hybridized carbons (Fsp3) is 0.107. The second-order valence-electron chi connectivity index (χ2n) is 17.0. The molecule has 8 aromatic rings. The predicted molar refractivity (Wildman–Crippen MR) is 253 cm³/mol. The van der Waals surface area contributed by atoms with E-state index >= 15 is 0 Å². The van der Waals surface area contributed by atoms with Gasteiger partial charge >= 0.3 is 0 Å². The lowest BCUT2D eigenvalue weighted by Crippen LogP contribution is -2.52. The number of hydrogen-bond acceptors (Lipinski definition) is 0. The van der Waals surface area contributed by atoms with E-state index < -0.39 is 7.92 Å². The van der Waals surface area contributed by atoms with Gasteiger partial charge in [0.15, 0.2) is 0 Å².